The normalized spacial score (nSPS) is 10.7. The lowest BCUT2D eigenvalue weighted by Gasteiger charge is -2.06. The second-order valence-corrected chi connectivity index (χ2v) is 6.56. The monoisotopic (exact) mass is 340 g/mol. The van der Waals surface area contributed by atoms with E-state index < -0.39 is 0 Å². The number of benzene rings is 2. The summed E-state index contributed by atoms with van der Waals surface area (Å²) in [4.78, 5) is 16.5. The van der Waals surface area contributed by atoms with Crippen LogP contribution in [0.25, 0.3) is 10.9 Å². The van der Waals surface area contributed by atoms with Gasteiger partial charge in [-0.1, -0.05) is 30.3 Å². The molecule has 0 aliphatic rings. The third kappa shape index (κ3) is 4.11. The Morgan fingerprint density at radius 2 is 1.96 bits per heavy atom. The fourth-order valence-electron chi connectivity index (χ4n) is 2.51. The summed E-state index contributed by atoms with van der Waals surface area (Å²) in [6.07, 6.45) is 2.41. The maximum absolute atomic E-state index is 12.0. The molecule has 3 aromatic rings. The Bertz CT molecular complexity index is 812. The van der Waals surface area contributed by atoms with Crippen molar-refractivity contribution in [3.05, 3.63) is 60.3 Å². The minimum Gasteiger partial charge on any atom is -0.497 e. The maximum Gasteiger partial charge on any atom is 0.224 e. The molecule has 1 amide bonds. The predicted octanol–water partition coefficient (Wildman–Crippen LogP) is 3.63. The van der Waals surface area contributed by atoms with Crippen LogP contribution in [-0.4, -0.2) is 30.3 Å². The second kappa shape index (κ2) is 7.93. The Morgan fingerprint density at radius 1 is 1.17 bits per heavy atom. The van der Waals surface area contributed by atoms with Gasteiger partial charge in [-0.3, -0.25) is 4.79 Å². The number of aromatic amines is 1. The Hall–Kier alpha value is -2.40. The summed E-state index contributed by atoms with van der Waals surface area (Å²) in [6, 6.07) is 15.8. The van der Waals surface area contributed by atoms with Crippen LogP contribution in [0.15, 0.2) is 59.6 Å². The molecule has 0 unspecified atom stereocenters. The number of hydrogen-bond acceptors (Lipinski definition) is 3. The number of methoxy groups -OCH3 is 1. The van der Waals surface area contributed by atoms with E-state index in [1.807, 2.05) is 42.6 Å². The molecule has 0 fully saturated rings. The number of para-hydroxylation sites is 1. The molecule has 0 atom stereocenters. The average Bonchev–Trinajstić information content (AvgIpc) is 3.03. The van der Waals surface area contributed by atoms with Gasteiger partial charge in [0.15, 0.2) is 0 Å². The predicted molar refractivity (Wildman–Crippen MR) is 98.7 cm³/mol. The third-order valence-electron chi connectivity index (χ3n) is 3.76. The van der Waals surface area contributed by atoms with Crippen LogP contribution in [0.3, 0.4) is 0 Å². The van der Waals surface area contributed by atoms with Gasteiger partial charge in [0.25, 0.3) is 0 Å². The van der Waals surface area contributed by atoms with Crippen LogP contribution in [-0.2, 0) is 11.2 Å². The van der Waals surface area contributed by atoms with Gasteiger partial charge in [-0.15, -0.1) is 11.8 Å². The van der Waals surface area contributed by atoms with Crippen LogP contribution >= 0.6 is 11.8 Å². The van der Waals surface area contributed by atoms with E-state index in [4.69, 9.17) is 4.74 Å². The number of carbonyl (C=O) groups is 1. The molecule has 124 valence electrons. The molecule has 0 bridgehead atoms. The van der Waals surface area contributed by atoms with Crippen molar-refractivity contribution in [1.29, 1.82) is 0 Å². The quantitative estimate of drug-likeness (QED) is 0.510. The molecule has 0 spiro atoms. The largest absolute Gasteiger partial charge is 0.497 e. The second-order valence-electron chi connectivity index (χ2n) is 5.42. The van der Waals surface area contributed by atoms with Gasteiger partial charge >= 0.3 is 0 Å². The van der Waals surface area contributed by atoms with Gasteiger partial charge in [-0.25, -0.2) is 0 Å². The number of hydrogen-bond donors (Lipinski definition) is 2. The molecular formula is C19H20N2O2S. The van der Waals surface area contributed by atoms with E-state index in [1.54, 1.807) is 18.9 Å². The number of carbonyl (C=O) groups excluding carboxylic acids is 1. The van der Waals surface area contributed by atoms with E-state index in [1.165, 1.54) is 10.3 Å². The van der Waals surface area contributed by atoms with E-state index >= 15 is 0 Å². The molecule has 24 heavy (non-hydrogen) atoms. The van der Waals surface area contributed by atoms with Crippen molar-refractivity contribution in [2.24, 2.45) is 0 Å². The maximum atomic E-state index is 12.0. The Labute approximate surface area is 145 Å². The zero-order chi connectivity index (χ0) is 16.8. The van der Waals surface area contributed by atoms with Crippen LogP contribution < -0.4 is 10.1 Å². The first-order chi connectivity index (χ1) is 11.8. The molecule has 5 heteroatoms. The first kappa shape index (κ1) is 16.5. The number of nitrogens with one attached hydrogen (secondary N) is 2. The molecule has 2 N–H and O–H groups in total. The van der Waals surface area contributed by atoms with E-state index in [0.29, 0.717) is 13.0 Å². The summed E-state index contributed by atoms with van der Waals surface area (Å²) < 4.78 is 5.11. The van der Waals surface area contributed by atoms with Crippen molar-refractivity contribution in [3.8, 4) is 5.75 Å². The minimum atomic E-state index is 0.0414. The van der Waals surface area contributed by atoms with Gasteiger partial charge in [0.1, 0.15) is 5.75 Å². The van der Waals surface area contributed by atoms with Crippen molar-refractivity contribution in [2.45, 2.75) is 11.3 Å². The number of thioether (sulfide) groups is 1. The van der Waals surface area contributed by atoms with Gasteiger partial charge in [0.2, 0.25) is 5.91 Å². The molecule has 0 aliphatic carbocycles. The highest BCUT2D eigenvalue weighted by Gasteiger charge is 2.05. The number of rotatable bonds is 7. The van der Waals surface area contributed by atoms with Crippen molar-refractivity contribution in [3.63, 3.8) is 0 Å². The zero-order valence-corrected chi connectivity index (χ0v) is 14.4. The van der Waals surface area contributed by atoms with E-state index in [-0.39, 0.29) is 5.91 Å². The molecule has 1 aromatic heterocycles. The Morgan fingerprint density at radius 3 is 2.75 bits per heavy atom. The minimum absolute atomic E-state index is 0.0414. The fourth-order valence-corrected chi connectivity index (χ4v) is 3.41. The standard InChI is InChI=1S/C19H20N2O2S/c1-23-15-8-6-14(7-9-15)12-19(22)20-10-11-24-18-13-21-17-5-3-2-4-16(17)18/h2-9,13,21H,10-12H2,1H3,(H,20,22). The number of H-pyrrole nitrogens is 1. The lowest BCUT2D eigenvalue weighted by Crippen LogP contribution is -2.27. The smallest absolute Gasteiger partial charge is 0.224 e. The van der Waals surface area contributed by atoms with E-state index in [0.717, 1.165) is 22.6 Å². The van der Waals surface area contributed by atoms with Gasteiger partial charge < -0.3 is 15.0 Å². The number of aromatic nitrogens is 1. The highest BCUT2D eigenvalue weighted by molar-refractivity contribution is 7.99. The number of ether oxygens (including phenoxy) is 1. The average molecular weight is 340 g/mol. The van der Waals surface area contributed by atoms with Crippen molar-refractivity contribution < 1.29 is 9.53 Å². The summed E-state index contributed by atoms with van der Waals surface area (Å²) in [5.74, 6) is 1.69. The van der Waals surface area contributed by atoms with Gasteiger partial charge in [0.05, 0.1) is 13.5 Å². The summed E-state index contributed by atoms with van der Waals surface area (Å²) >= 11 is 1.75. The SMILES string of the molecule is COc1ccc(CC(=O)NCCSc2c[nH]c3ccccc23)cc1. The lowest BCUT2D eigenvalue weighted by atomic mass is 10.1. The lowest BCUT2D eigenvalue weighted by molar-refractivity contribution is -0.120. The molecule has 0 saturated carbocycles. The summed E-state index contributed by atoms with van der Waals surface area (Å²) in [7, 11) is 1.63. The zero-order valence-electron chi connectivity index (χ0n) is 13.5. The first-order valence-electron chi connectivity index (χ1n) is 7.85. The van der Waals surface area contributed by atoms with Crippen LogP contribution in [0.5, 0.6) is 5.75 Å². The molecule has 4 nitrogen and oxygen atoms in total. The van der Waals surface area contributed by atoms with Crippen molar-refractivity contribution in [1.82, 2.24) is 10.3 Å². The van der Waals surface area contributed by atoms with Gasteiger partial charge in [-0.2, -0.15) is 0 Å². The molecular weight excluding hydrogens is 320 g/mol. The van der Waals surface area contributed by atoms with Gasteiger partial charge in [-0.05, 0) is 23.8 Å². The molecule has 0 saturated heterocycles. The molecule has 1 heterocycles. The van der Waals surface area contributed by atoms with Crippen molar-refractivity contribution >= 4 is 28.6 Å². The highest BCUT2D eigenvalue weighted by Crippen LogP contribution is 2.27. The molecule has 0 aliphatic heterocycles. The Kier molecular flexibility index (Phi) is 5.43. The first-order valence-corrected chi connectivity index (χ1v) is 8.83. The van der Waals surface area contributed by atoms with Gasteiger partial charge in [0, 0.05) is 34.3 Å². The van der Waals surface area contributed by atoms with E-state index in [9.17, 15) is 4.79 Å². The van der Waals surface area contributed by atoms with Crippen LogP contribution in [0.2, 0.25) is 0 Å². The van der Waals surface area contributed by atoms with Crippen molar-refractivity contribution in [2.75, 3.05) is 19.4 Å². The number of amides is 1. The summed E-state index contributed by atoms with van der Waals surface area (Å²) in [5, 5.41) is 4.20. The van der Waals surface area contributed by atoms with Crippen LogP contribution in [0.1, 0.15) is 5.56 Å². The molecule has 0 radical (unpaired) electrons. The topological polar surface area (TPSA) is 54.1 Å². The summed E-state index contributed by atoms with van der Waals surface area (Å²) in [5.41, 5.74) is 2.13. The van der Waals surface area contributed by atoms with Crippen LogP contribution in [0.4, 0.5) is 0 Å². The molecule has 3 rings (SSSR count). The van der Waals surface area contributed by atoms with Crippen LogP contribution in [0, 0.1) is 0 Å². The Balaban J connectivity index is 1.43. The third-order valence-corrected chi connectivity index (χ3v) is 4.81. The fraction of sp³-hybridized carbons (Fsp3) is 0.211. The van der Waals surface area contributed by atoms with E-state index in [2.05, 4.69) is 22.4 Å². The molecule has 2 aromatic carbocycles. The summed E-state index contributed by atoms with van der Waals surface area (Å²) in [6.45, 7) is 0.652. The number of fused-ring (bicyclic) bond motifs is 1. The highest BCUT2D eigenvalue weighted by atomic mass is 32.2.